The van der Waals surface area contributed by atoms with E-state index in [0.717, 1.165) is 4.90 Å². The van der Waals surface area contributed by atoms with E-state index in [1.807, 2.05) is 0 Å². The molecule has 6 nitrogen and oxygen atoms in total. The predicted molar refractivity (Wildman–Crippen MR) is 72.1 cm³/mol. The molecule has 3 atom stereocenters. The number of amides is 3. The second-order valence-electron chi connectivity index (χ2n) is 5.09. The van der Waals surface area contributed by atoms with Gasteiger partial charge in [0.2, 0.25) is 11.8 Å². The molecule has 2 aliphatic heterocycles. The van der Waals surface area contributed by atoms with Gasteiger partial charge in [0.05, 0.1) is 0 Å². The van der Waals surface area contributed by atoms with Crippen LogP contribution in [-0.2, 0) is 14.4 Å². The quantitative estimate of drug-likeness (QED) is 0.706. The van der Waals surface area contributed by atoms with Gasteiger partial charge in [-0.2, -0.15) is 0 Å². The highest BCUT2D eigenvalue weighted by Gasteiger charge is 2.33. The number of likely N-dealkylation sites (tertiary alicyclic amines) is 1. The number of carbonyl (C=O) groups is 3. The first-order valence-corrected chi connectivity index (χ1v) is 6.44. The van der Waals surface area contributed by atoms with Crippen LogP contribution < -0.4 is 10.6 Å². The number of carbonyl (C=O) groups excluding carboxylic acids is 3. The van der Waals surface area contributed by atoms with Gasteiger partial charge < -0.3 is 10.6 Å². The number of nitrogens with one attached hydrogen (secondary N) is 2. The Hall–Kier alpha value is -1.21. The van der Waals surface area contributed by atoms with Crippen LogP contribution in [0.2, 0.25) is 0 Å². The first-order valence-electron chi connectivity index (χ1n) is 6.44. The van der Waals surface area contributed by atoms with E-state index in [-0.39, 0.29) is 55.6 Å². The largest absolute Gasteiger partial charge is 0.344 e. The number of alkyl halides is 1. The van der Waals surface area contributed by atoms with E-state index in [1.165, 1.54) is 7.05 Å². The van der Waals surface area contributed by atoms with Gasteiger partial charge >= 0.3 is 0 Å². The summed E-state index contributed by atoms with van der Waals surface area (Å²) < 4.78 is 12.9. The van der Waals surface area contributed by atoms with Crippen molar-refractivity contribution in [3.8, 4) is 0 Å². The lowest BCUT2D eigenvalue weighted by atomic mass is 10.0. The van der Waals surface area contributed by atoms with Crippen molar-refractivity contribution < 1.29 is 18.8 Å². The molecule has 1 unspecified atom stereocenters. The third kappa shape index (κ3) is 3.89. The van der Waals surface area contributed by atoms with Crippen LogP contribution in [0.4, 0.5) is 4.39 Å². The minimum absolute atomic E-state index is 0. The standard InChI is InChI=1S/C12H18FN3O3.ClH/c1-16-11(18)3-2-9(12(16)19)15-10(17)5-8-4-7(13)6-14-8;/h7-9,14H,2-6H2,1H3,(H,15,17);1H/t7-,8-,9?;/m0./s1. The van der Waals surface area contributed by atoms with E-state index in [4.69, 9.17) is 0 Å². The minimum atomic E-state index is -0.905. The van der Waals surface area contributed by atoms with E-state index in [0.29, 0.717) is 12.8 Å². The Balaban J connectivity index is 0.00000200. The van der Waals surface area contributed by atoms with Crippen molar-refractivity contribution in [2.24, 2.45) is 0 Å². The third-order valence-electron chi connectivity index (χ3n) is 3.58. The zero-order chi connectivity index (χ0) is 14.0. The Morgan fingerprint density at radius 2 is 2.20 bits per heavy atom. The summed E-state index contributed by atoms with van der Waals surface area (Å²) >= 11 is 0. The van der Waals surface area contributed by atoms with Crippen molar-refractivity contribution in [1.82, 2.24) is 15.5 Å². The smallest absolute Gasteiger partial charge is 0.251 e. The van der Waals surface area contributed by atoms with E-state index in [9.17, 15) is 18.8 Å². The maximum absolute atomic E-state index is 12.9. The van der Waals surface area contributed by atoms with Gasteiger partial charge in [-0.1, -0.05) is 0 Å². The zero-order valence-electron chi connectivity index (χ0n) is 11.2. The third-order valence-corrected chi connectivity index (χ3v) is 3.58. The van der Waals surface area contributed by atoms with Crippen LogP contribution in [0.5, 0.6) is 0 Å². The van der Waals surface area contributed by atoms with Crippen LogP contribution >= 0.6 is 12.4 Å². The summed E-state index contributed by atoms with van der Waals surface area (Å²) in [5.41, 5.74) is 0. The molecule has 20 heavy (non-hydrogen) atoms. The fourth-order valence-corrected chi connectivity index (χ4v) is 2.45. The van der Waals surface area contributed by atoms with Crippen molar-refractivity contribution in [1.29, 1.82) is 0 Å². The van der Waals surface area contributed by atoms with Crippen molar-refractivity contribution in [2.75, 3.05) is 13.6 Å². The molecule has 0 aromatic carbocycles. The number of imide groups is 1. The SMILES string of the molecule is CN1C(=O)CCC(NC(=O)C[C@@H]2C[C@H](F)CN2)C1=O.Cl. The molecule has 0 spiro atoms. The Kier molecular flexibility index (Phi) is 5.88. The lowest BCUT2D eigenvalue weighted by molar-refractivity contribution is -0.149. The molecule has 3 amide bonds. The summed E-state index contributed by atoms with van der Waals surface area (Å²) in [5.74, 6) is -0.895. The highest BCUT2D eigenvalue weighted by atomic mass is 35.5. The lowest BCUT2D eigenvalue weighted by Gasteiger charge is -2.28. The van der Waals surface area contributed by atoms with Crippen molar-refractivity contribution >= 4 is 30.1 Å². The maximum atomic E-state index is 12.9. The van der Waals surface area contributed by atoms with Gasteiger partial charge in [-0.3, -0.25) is 19.3 Å². The molecular weight excluding hydrogens is 289 g/mol. The Morgan fingerprint density at radius 3 is 2.80 bits per heavy atom. The first kappa shape index (κ1) is 16.8. The fourth-order valence-electron chi connectivity index (χ4n) is 2.45. The van der Waals surface area contributed by atoms with Crippen LogP contribution in [0.3, 0.4) is 0 Å². The van der Waals surface area contributed by atoms with E-state index < -0.39 is 12.2 Å². The Morgan fingerprint density at radius 1 is 1.50 bits per heavy atom. The van der Waals surface area contributed by atoms with E-state index in [1.54, 1.807) is 0 Å². The Labute approximate surface area is 122 Å². The fraction of sp³-hybridized carbons (Fsp3) is 0.750. The van der Waals surface area contributed by atoms with Crippen LogP contribution in [0, 0.1) is 0 Å². The molecule has 2 heterocycles. The molecule has 0 aliphatic carbocycles. The molecule has 2 saturated heterocycles. The van der Waals surface area contributed by atoms with Crippen LogP contribution in [0.1, 0.15) is 25.7 Å². The molecule has 0 bridgehead atoms. The molecule has 2 aliphatic rings. The van der Waals surface area contributed by atoms with Gasteiger partial charge in [-0.25, -0.2) is 4.39 Å². The van der Waals surface area contributed by atoms with Crippen molar-refractivity contribution in [3.05, 3.63) is 0 Å². The molecule has 0 saturated carbocycles. The zero-order valence-corrected chi connectivity index (χ0v) is 12.0. The molecule has 2 fully saturated rings. The normalized spacial score (nSPS) is 30.1. The van der Waals surface area contributed by atoms with E-state index in [2.05, 4.69) is 10.6 Å². The molecule has 8 heteroatoms. The van der Waals surface area contributed by atoms with Gasteiger partial charge in [-0.05, 0) is 12.8 Å². The summed E-state index contributed by atoms with van der Waals surface area (Å²) in [6, 6.07) is -0.814. The van der Waals surface area contributed by atoms with E-state index >= 15 is 0 Å². The highest BCUT2D eigenvalue weighted by molar-refractivity contribution is 6.01. The number of nitrogens with zero attached hydrogens (tertiary/aromatic N) is 1. The van der Waals surface area contributed by atoms with Crippen molar-refractivity contribution in [2.45, 2.75) is 43.9 Å². The summed E-state index contributed by atoms with van der Waals surface area (Å²) in [6.45, 7) is 0.275. The molecule has 0 radical (unpaired) electrons. The van der Waals surface area contributed by atoms with Gasteiger partial charge in [0.15, 0.2) is 0 Å². The number of hydrogen-bond donors (Lipinski definition) is 2. The topological polar surface area (TPSA) is 78.5 Å². The predicted octanol–water partition coefficient (Wildman–Crippen LogP) is -0.238. The number of likely N-dealkylation sites (N-methyl/N-ethyl adjacent to an activating group) is 1. The molecular formula is C12H19ClFN3O3. The second-order valence-corrected chi connectivity index (χ2v) is 5.09. The van der Waals surface area contributed by atoms with Crippen LogP contribution in [-0.4, -0.2) is 54.5 Å². The number of rotatable bonds is 3. The van der Waals surface area contributed by atoms with Gasteiger partial charge in [0, 0.05) is 32.5 Å². The highest BCUT2D eigenvalue weighted by Crippen LogP contribution is 2.14. The van der Waals surface area contributed by atoms with Crippen LogP contribution in [0.15, 0.2) is 0 Å². The average Bonchev–Trinajstić information content (AvgIpc) is 2.75. The summed E-state index contributed by atoms with van der Waals surface area (Å²) in [4.78, 5) is 35.9. The molecule has 0 aromatic rings. The summed E-state index contributed by atoms with van der Waals surface area (Å²) in [6.07, 6.45) is 0.156. The first-order chi connectivity index (χ1) is 8.97. The Bertz CT molecular complexity index is 407. The number of halogens is 2. The molecule has 114 valence electrons. The number of hydrogen-bond acceptors (Lipinski definition) is 4. The van der Waals surface area contributed by atoms with Gasteiger partial charge in [0.1, 0.15) is 12.2 Å². The monoisotopic (exact) mass is 307 g/mol. The molecule has 0 aromatic heterocycles. The second kappa shape index (κ2) is 6.99. The lowest BCUT2D eigenvalue weighted by Crippen LogP contribution is -2.53. The molecule has 2 N–H and O–H groups in total. The van der Waals surface area contributed by atoms with Gasteiger partial charge in [0.25, 0.3) is 5.91 Å². The maximum Gasteiger partial charge on any atom is 0.251 e. The summed E-state index contributed by atoms with van der Waals surface area (Å²) in [5, 5.41) is 5.53. The molecule has 2 rings (SSSR count). The summed E-state index contributed by atoms with van der Waals surface area (Å²) in [7, 11) is 1.41. The van der Waals surface area contributed by atoms with Crippen LogP contribution in [0.25, 0.3) is 0 Å². The number of piperidine rings is 1. The van der Waals surface area contributed by atoms with Gasteiger partial charge in [-0.15, -0.1) is 12.4 Å². The minimum Gasteiger partial charge on any atom is -0.344 e. The average molecular weight is 308 g/mol. The van der Waals surface area contributed by atoms with Crippen molar-refractivity contribution in [3.63, 3.8) is 0 Å².